The van der Waals surface area contributed by atoms with Gasteiger partial charge in [-0.3, -0.25) is 4.79 Å². The van der Waals surface area contributed by atoms with Crippen LogP contribution in [0.2, 0.25) is 5.02 Å². The Labute approximate surface area is 161 Å². The number of benzene rings is 1. The van der Waals surface area contributed by atoms with E-state index in [1.165, 1.54) is 6.33 Å². The molecule has 0 aliphatic carbocycles. The quantitative estimate of drug-likeness (QED) is 0.744. The standard InChI is InChI=1S/C18H18ClN7O/c19-14-2-1-3-15(10-14)22-18(27)13-6-8-25(9-7-13)16-4-5-17(24-23-16)26-12-20-11-21-26/h1-5,10-13H,6-9H2,(H,22,27). The van der Waals surface area contributed by atoms with Crippen LogP contribution in [0.1, 0.15) is 12.8 Å². The van der Waals surface area contributed by atoms with E-state index < -0.39 is 0 Å². The molecule has 0 radical (unpaired) electrons. The summed E-state index contributed by atoms with van der Waals surface area (Å²) in [7, 11) is 0. The fraction of sp³-hybridized carbons (Fsp3) is 0.278. The molecule has 8 nitrogen and oxygen atoms in total. The molecule has 1 aliphatic heterocycles. The van der Waals surface area contributed by atoms with Gasteiger partial charge in [0, 0.05) is 29.7 Å². The van der Waals surface area contributed by atoms with Crippen molar-refractivity contribution in [3.05, 3.63) is 54.1 Å². The normalized spacial score (nSPS) is 14.9. The molecule has 1 amide bonds. The number of hydrogen-bond acceptors (Lipinski definition) is 6. The maximum absolute atomic E-state index is 12.5. The first-order chi connectivity index (χ1) is 13.2. The zero-order chi connectivity index (χ0) is 18.6. The monoisotopic (exact) mass is 383 g/mol. The Hall–Kier alpha value is -3.00. The molecule has 3 heterocycles. The summed E-state index contributed by atoms with van der Waals surface area (Å²) in [4.78, 5) is 18.5. The van der Waals surface area contributed by atoms with Gasteiger partial charge in [0.2, 0.25) is 5.91 Å². The van der Waals surface area contributed by atoms with E-state index in [2.05, 4.69) is 30.5 Å². The molecule has 0 saturated carbocycles. The molecule has 0 spiro atoms. The van der Waals surface area contributed by atoms with Crippen LogP contribution in [0, 0.1) is 5.92 Å². The van der Waals surface area contributed by atoms with Crippen LogP contribution in [0.15, 0.2) is 49.1 Å². The van der Waals surface area contributed by atoms with E-state index in [1.54, 1.807) is 23.1 Å². The first-order valence-corrected chi connectivity index (χ1v) is 9.07. The van der Waals surface area contributed by atoms with Crippen molar-refractivity contribution in [2.45, 2.75) is 12.8 Å². The average molecular weight is 384 g/mol. The number of carbonyl (C=O) groups excluding carboxylic acids is 1. The van der Waals surface area contributed by atoms with Crippen molar-refractivity contribution >= 4 is 29.0 Å². The summed E-state index contributed by atoms with van der Waals surface area (Å²) in [5, 5.41) is 16.1. The predicted octanol–water partition coefficient (Wildman–Crippen LogP) is 2.57. The number of nitrogens with zero attached hydrogens (tertiary/aromatic N) is 6. The smallest absolute Gasteiger partial charge is 0.227 e. The van der Waals surface area contributed by atoms with Crippen LogP contribution in [0.5, 0.6) is 0 Å². The van der Waals surface area contributed by atoms with Crippen LogP contribution in [-0.4, -0.2) is 44.0 Å². The van der Waals surface area contributed by atoms with Crippen LogP contribution >= 0.6 is 11.6 Å². The number of nitrogens with one attached hydrogen (secondary N) is 1. The van der Waals surface area contributed by atoms with Crippen LogP contribution in [0.3, 0.4) is 0 Å². The first kappa shape index (κ1) is 17.4. The Morgan fingerprint density at radius 2 is 1.89 bits per heavy atom. The summed E-state index contributed by atoms with van der Waals surface area (Å²) >= 11 is 5.97. The SMILES string of the molecule is O=C(Nc1cccc(Cl)c1)C1CCN(c2ccc(-n3cncn3)nn2)CC1. The van der Waals surface area contributed by atoms with E-state index in [1.807, 2.05) is 24.3 Å². The summed E-state index contributed by atoms with van der Waals surface area (Å²) in [6, 6.07) is 11.0. The zero-order valence-electron chi connectivity index (χ0n) is 14.5. The van der Waals surface area contributed by atoms with E-state index in [9.17, 15) is 4.79 Å². The van der Waals surface area contributed by atoms with Crippen LogP contribution in [0.25, 0.3) is 5.82 Å². The van der Waals surface area contributed by atoms with Gasteiger partial charge in [-0.05, 0) is 43.2 Å². The van der Waals surface area contributed by atoms with Crippen molar-refractivity contribution < 1.29 is 4.79 Å². The minimum atomic E-state index is -0.0254. The number of amides is 1. The van der Waals surface area contributed by atoms with Gasteiger partial charge in [-0.25, -0.2) is 9.67 Å². The number of anilines is 2. The lowest BCUT2D eigenvalue weighted by atomic mass is 9.96. The molecule has 1 fully saturated rings. The molecule has 138 valence electrons. The topological polar surface area (TPSA) is 88.8 Å². The molecule has 1 N–H and O–H groups in total. The van der Waals surface area contributed by atoms with Crippen LogP contribution in [0.4, 0.5) is 11.5 Å². The molecule has 0 bridgehead atoms. The van der Waals surface area contributed by atoms with Crippen LogP contribution in [-0.2, 0) is 4.79 Å². The van der Waals surface area contributed by atoms with E-state index >= 15 is 0 Å². The van der Waals surface area contributed by atoms with E-state index in [0.29, 0.717) is 10.8 Å². The molecule has 2 aromatic heterocycles. The van der Waals surface area contributed by atoms with E-state index in [0.717, 1.165) is 37.4 Å². The minimum absolute atomic E-state index is 0.0254. The molecule has 1 aromatic carbocycles. The third-order valence-electron chi connectivity index (χ3n) is 4.57. The Morgan fingerprint density at radius 1 is 1.11 bits per heavy atom. The maximum atomic E-state index is 12.5. The largest absolute Gasteiger partial charge is 0.355 e. The Kier molecular flexibility index (Phi) is 4.97. The third-order valence-corrected chi connectivity index (χ3v) is 4.81. The highest BCUT2D eigenvalue weighted by molar-refractivity contribution is 6.30. The summed E-state index contributed by atoms with van der Waals surface area (Å²) in [5.41, 5.74) is 0.726. The molecule has 4 rings (SSSR count). The van der Waals surface area contributed by atoms with Gasteiger partial charge in [0.1, 0.15) is 12.7 Å². The van der Waals surface area contributed by atoms with Gasteiger partial charge < -0.3 is 10.2 Å². The summed E-state index contributed by atoms with van der Waals surface area (Å²) in [6.45, 7) is 1.51. The van der Waals surface area contributed by atoms with Crippen molar-refractivity contribution in [1.82, 2.24) is 25.0 Å². The van der Waals surface area contributed by atoms with Crippen molar-refractivity contribution in [1.29, 1.82) is 0 Å². The second kappa shape index (κ2) is 7.71. The summed E-state index contributed by atoms with van der Waals surface area (Å²) < 4.78 is 1.56. The van der Waals surface area contributed by atoms with E-state index in [-0.39, 0.29) is 11.8 Å². The molecule has 27 heavy (non-hydrogen) atoms. The molecule has 1 aliphatic rings. The lowest BCUT2D eigenvalue weighted by Gasteiger charge is -2.31. The molecule has 1 saturated heterocycles. The highest BCUT2D eigenvalue weighted by Crippen LogP contribution is 2.24. The lowest BCUT2D eigenvalue weighted by Crippen LogP contribution is -2.38. The fourth-order valence-corrected chi connectivity index (χ4v) is 3.31. The third kappa shape index (κ3) is 4.06. The van der Waals surface area contributed by atoms with Gasteiger partial charge in [0.25, 0.3) is 0 Å². The highest BCUT2D eigenvalue weighted by atomic mass is 35.5. The van der Waals surface area contributed by atoms with Crippen molar-refractivity contribution in [2.24, 2.45) is 5.92 Å². The molecular weight excluding hydrogens is 366 g/mol. The number of piperidine rings is 1. The van der Waals surface area contributed by atoms with Crippen molar-refractivity contribution in [3.63, 3.8) is 0 Å². The Morgan fingerprint density at radius 3 is 2.56 bits per heavy atom. The highest BCUT2D eigenvalue weighted by Gasteiger charge is 2.26. The van der Waals surface area contributed by atoms with Gasteiger partial charge in [-0.15, -0.1) is 10.2 Å². The minimum Gasteiger partial charge on any atom is -0.355 e. The average Bonchev–Trinajstić information content (AvgIpc) is 3.23. The Balaban J connectivity index is 1.34. The molecule has 0 atom stereocenters. The lowest BCUT2D eigenvalue weighted by molar-refractivity contribution is -0.120. The summed E-state index contributed by atoms with van der Waals surface area (Å²) in [6.07, 6.45) is 4.56. The fourth-order valence-electron chi connectivity index (χ4n) is 3.12. The van der Waals surface area contributed by atoms with Gasteiger partial charge >= 0.3 is 0 Å². The van der Waals surface area contributed by atoms with Gasteiger partial charge in [0.05, 0.1) is 0 Å². The number of halogens is 1. The second-order valence-electron chi connectivity index (χ2n) is 6.35. The number of aromatic nitrogens is 5. The number of rotatable bonds is 4. The first-order valence-electron chi connectivity index (χ1n) is 8.69. The molecule has 3 aromatic rings. The van der Waals surface area contributed by atoms with Gasteiger partial charge in [0.15, 0.2) is 11.6 Å². The zero-order valence-corrected chi connectivity index (χ0v) is 15.3. The molecule has 0 unspecified atom stereocenters. The second-order valence-corrected chi connectivity index (χ2v) is 6.79. The molecule has 9 heteroatoms. The van der Waals surface area contributed by atoms with E-state index in [4.69, 9.17) is 11.6 Å². The van der Waals surface area contributed by atoms with Crippen molar-refractivity contribution in [2.75, 3.05) is 23.3 Å². The molecular formula is C18H18ClN7O. The number of hydrogen-bond donors (Lipinski definition) is 1. The van der Waals surface area contributed by atoms with Crippen LogP contribution < -0.4 is 10.2 Å². The number of carbonyl (C=O) groups is 1. The van der Waals surface area contributed by atoms with Gasteiger partial charge in [-0.2, -0.15) is 5.10 Å². The Bertz CT molecular complexity index is 906. The van der Waals surface area contributed by atoms with Gasteiger partial charge in [-0.1, -0.05) is 17.7 Å². The summed E-state index contributed by atoms with van der Waals surface area (Å²) in [5.74, 6) is 1.42. The maximum Gasteiger partial charge on any atom is 0.227 e. The predicted molar refractivity (Wildman–Crippen MR) is 102 cm³/mol. The van der Waals surface area contributed by atoms with Crippen molar-refractivity contribution in [3.8, 4) is 5.82 Å².